The number of hydrogen-bond acceptors (Lipinski definition) is 5. The molecule has 0 saturated carbocycles. The predicted octanol–water partition coefficient (Wildman–Crippen LogP) is 4.54. The molecule has 0 unspecified atom stereocenters. The zero-order valence-electron chi connectivity index (χ0n) is 14.9. The second-order valence-electron chi connectivity index (χ2n) is 6.02. The number of ketones is 1. The van der Waals surface area contributed by atoms with Gasteiger partial charge in [-0.15, -0.1) is 11.3 Å². The number of hydrogen-bond donors (Lipinski definition) is 0. The molecular formula is C21H17N3O2S. The summed E-state index contributed by atoms with van der Waals surface area (Å²) in [6.07, 6.45) is 5.08. The number of imidazole rings is 1. The molecule has 0 atom stereocenters. The molecule has 0 aliphatic carbocycles. The molecule has 6 heteroatoms. The topological polar surface area (TPSA) is 57.0 Å². The fourth-order valence-electron chi connectivity index (χ4n) is 2.87. The van der Waals surface area contributed by atoms with E-state index in [2.05, 4.69) is 9.97 Å². The molecular weight excluding hydrogens is 358 g/mol. The Kier molecular flexibility index (Phi) is 4.56. The van der Waals surface area contributed by atoms with E-state index in [-0.39, 0.29) is 5.78 Å². The van der Waals surface area contributed by atoms with Gasteiger partial charge in [-0.3, -0.25) is 4.79 Å². The summed E-state index contributed by atoms with van der Waals surface area (Å²) in [5.74, 6) is 0.656. The van der Waals surface area contributed by atoms with Crippen LogP contribution in [-0.2, 0) is 0 Å². The molecule has 0 N–H and O–H groups in total. The molecule has 4 aromatic rings. The highest BCUT2D eigenvalue weighted by atomic mass is 32.1. The summed E-state index contributed by atoms with van der Waals surface area (Å²) in [6.45, 7) is 1.93. The van der Waals surface area contributed by atoms with Crippen LogP contribution in [0.25, 0.3) is 16.8 Å². The van der Waals surface area contributed by atoms with Crippen LogP contribution < -0.4 is 4.74 Å². The van der Waals surface area contributed by atoms with E-state index in [0.29, 0.717) is 10.7 Å². The van der Waals surface area contributed by atoms with Crippen molar-refractivity contribution < 1.29 is 9.53 Å². The number of ether oxygens (including phenoxy) is 1. The summed E-state index contributed by atoms with van der Waals surface area (Å²) >= 11 is 1.38. The fraction of sp³-hybridized carbons (Fsp3) is 0.0952. The molecule has 0 amide bonds. The molecule has 4 rings (SSSR count). The Morgan fingerprint density at radius 1 is 1.11 bits per heavy atom. The van der Waals surface area contributed by atoms with Crippen LogP contribution in [0.1, 0.15) is 20.4 Å². The van der Waals surface area contributed by atoms with Gasteiger partial charge in [-0.2, -0.15) is 0 Å². The summed E-state index contributed by atoms with van der Waals surface area (Å²) in [5.41, 5.74) is 3.34. The molecule has 2 heterocycles. The minimum absolute atomic E-state index is 0.160. The van der Waals surface area contributed by atoms with Crippen LogP contribution in [0.3, 0.4) is 0 Å². The van der Waals surface area contributed by atoms with E-state index in [1.807, 2.05) is 60.0 Å². The molecule has 5 nitrogen and oxygen atoms in total. The van der Waals surface area contributed by atoms with E-state index in [4.69, 9.17) is 4.74 Å². The molecule has 0 saturated heterocycles. The average Bonchev–Trinajstić information content (AvgIpc) is 3.37. The predicted molar refractivity (Wildman–Crippen MR) is 106 cm³/mol. The summed E-state index contributed by atoms with van der Waals surface area (Å²) in [6, 6.07) is 15.9. The molecule has 134 valence electrons. The summed E-state index contributed by atoms with van der Waals surface area (Å²) in [5, 5.41) is 0.459. The molecule has 0 aliphatic rings. The first kappa shape index (κ1) is 17.2. The van der Waals surface area contributed by atoms with Crippen LogP contribution in [0.4, 0.5) is 0 Å². The summed E-state index contributed by atoms with van der Waals surface area (Å²) < 4.78 is 7.30. The van der Waals surface area contributed by atoms with Gasteiger partial charge in [-0.1, -0.05) is 30.3 Å². The number of para-hydroxylation sites is 1. The molecule has 2 aromatic carbocycles. The number of thiazole rings is 1. The van der Waals surface area contributed by atoms with Crippen molar-refractivity contribution in [3.8, 4) is 22.6 Å². The van der Waals surface area contributed by atoms with Crippen molar-refractivity contribution in [1.82, 2.24) is 14.5 Å². The van der Waals surface area contributed by atoms with Crippen LogP contribution in [0.15, 0.2) is 67.3 Å². The third-order valence-corrected chi connectivity index (χ3v) is 5.10. The highest BCUT2D eigenvalue weighted by Crippen LogP contribution is 2.30. The normalized spacial score (nSPS) is 10.7. The number of aromatic nitrogens is 3. The van der Waals surface area contributed by atoms with Gasteiger partial charge >= 0.3 is 0 Å². The Labute approximate surface area is 160 Å². The maximum absolute atomic E-state index is 12.5. The van der Waals surface area contributed by atoms with Crippen LogP contribution in [-0.4, -0.2) is 27.4 Å². The highest BCUT2D eigenvalue weighted by molar-refractivity contribution is 7.13. The number of nitrogens with zero attached hydrogens (tertiary/aromatic N) is 3. The second-order valence-corrected chi connectivity index (χ2v) is 7.26. The summed E-state index contributed by atoms with van der Waals surface area (Å²) in [7, 11) is 1.66. The SMILES string of the molecule is COc1ccccc1-c1cccc(-n2cnc(C(=O)c3ncc(C)s3)c2)c1. The van der Waals surface area contributed by atoms with E-state index in [1.165, 1.54) is 11.3 Å². The first-order chi connectivity index (χ1) is 13.2. The van der Waals surface area contributed by atoms with Gasteiger partial charge in [0.05, 0.1) is 7.11 Å². The largest absolute Gasteiger partial charge is 0.496 e. The van der Waals surface area contributed by atoms with Crippen molar-refractivity contribution in [2.45, 2.75) is 6.92 Å². The third-order valence-electron chi connectivity index (χ3n) is 4.19. The quantitative estimate of drug-likeness (QED) is 0.481. The van der Waals surface area contributed by atoms with Crippen molar-refractivity contribution in [3.05, 3.63) is 82.8 Å². The van der Waals surface area contributed by atoms with Crippen LogP contribution in [0.5, 0.6) is 5.75 Å². The fourth-order valence-corrected chi connectivity index (χ4v) is 3.58. The van der Waals surface area contributed by atoms with Gasteiger partial charge in [0.1, 0.15) is 17.8 Å². The Hall–Kier alpha value is -3.25. The smallest absolute Gasteiger partial charge is 0.241 e. The maximum Gasteiger partial charge on any atom is 0.241 e. The van der Waals surface area contributed by atoms with E-state index in [0.717, 1.165) is 27.4 Å². The number of carbonyl (C=O) groups excluding carboxylic acids is 1. The lowest BCUT2D eigenvalue weighted by atomic mass is 10.0. The first-order valence-corrected chi connectivity index (χ1v) is 9.22. The van der Waals surface area contributed by atoms with E-state index in [9.17, 15) is 4.79 Å². The number of benzene rings is 2. The van der Waals surface area contributed by atoms with Gasteiger partial charge in [0, 0.05) is 28.5 Å². The molecule has 0 bridgehead atoms. The number of rotatable bonds is 5. The van der Waals surface area contributed by atoms with Crippen molar-refractivity contribution in [1.29, 1.82) is 0 Å². The molecule has 0 fully saturated rings. The van der Waals surface area contributed by atoms with Crippen LogP contribution in [0, 0.1) is 6.92 Å². The standard InChI is InChI=1S/C21H17N3O2S/c1-14-11-22-21(27-14)20(25)18-12-24(13-23-18)16-7-5-6-15(10-16)17-8-3-4-9-19(17)26-2/h3-13H,1-2H3. The van der Waals surface area contributed by atoms with Crippen molar-refractivity contribution in [3.63, 3.8) is 0 Å². The van der Waals surface area contributed by atoms with E-state index < -0.39 is 0 Å². The Morgan fingerprint density at radius 3 is 2.74 bits per heavy atom. The third kappa shape index (κ3) is 3.39. The van der Waals surface area contributed by atoms with Crippen molar-refractivity contribution in [2.75, 3.05) is 7.11 Å². The molecule has 0 aliphatic heterocycles. The lowest BCUT2D eigenvalue weighted by Crippen LogP contribution is -2.00. The monoisotopic (exact) mass is 375 g/mol. The Balaban J connectivity index is 1.67. The molecule has 0 radical (unpaired) electrons. The highest BCUT2D eigenvalue weighted by Gasteiger charge is 2.16. The summed E-state index contributed by atoms with van der Waals surface area (Å²) in [4.78, 5) is 22.0. The zero-order valence-corrected chi connectivity index (χ0v) is 15.7. The van der Waals surface area contributed by atoms with Gasteiger partial charge in [0.15, 0.2) is 5.01 Å². The Morgan fingerprint density at radius 2 is 1.96 bits per heavy atom. The first-order valence-electron chi connectivity index (χ1n) is 8.40. The Bertz CT molecular complexity index is 1110. The second kappa shape index (κ2) is 7.17. The molecule has 27 heavy (non-hydrogen) atoms. The number of carbonyl (C=O) groups is 1. The van der Waals surface area contributed by atoms with Gasteiger partial charge < -0.3 is 9.30 Å². The van der Waals surface area contributed by atoms with Crippen molar-refractivity contribution in [2.24, 2.45) is 0 Å². The van der Waals surface area contributed by atoms with Gasteiger partial charge in [-0.25, -0.2) is 9.97 Å². The van der Waals surface area contributed by atoms with Gasteiger partial charge in [0.25, 0.3) is 0 Å². The van der Waals surface area contributed by atoms with Gasteiger partial charge in [-0.05, 0) is 30.7 Å². The van der Waals surface area contributed by atoms with Gasteiger partial charge in [0.2, 0.25) is 5.78 Å². The van der Waals surface area contributed by atoms with Crippen LogP contribution >= 0.6 is 11.3 Å². The minimum Gasteiger partial charge on any atom is -0.496 e. The van der Waals surface area contributed by atoms with Crippen LogP contribution in [0.2, 0.25) is 0 Å². The number of methoxy groups -OCH3 is 1. The van der Waals surface area contributed by atoms with E-state index in [1.54, 1.807) is 25.8 Å². The molecule has 2 aromatic heterocycles. The van der Waals surface area contributed by atoms with E-state index >= 15 is 0 Å². The lowest BCUT2D eigenvalue weighted by Gasteiger charge is -2.10. The molecule has 0 spiro atoms. The number of aryl methyl sites for hydroxylation is 1. The minimum atomic E-state index is -0.160. The zero-order chi connectivity index (χ0) is 18.8. The lowest BCUT2D eigenvalue weighted by molar-refractivity contribution is 0.103. The average molecular weight is 375 g/mol. The van der Waals surface area contributed by atoms with Crippen molar-refractivity contribution >= 4 is 17.1 Å². The maximum atomic E-state index is 12.5.